The SMILES string of the molecule is Cn1c(NC(=O)c2ccccc2Cl)cc(=O)n(C)c1=O. The largest absolute Gasteiger partial charge is 0.332 e. The number of halogens is 1. The van der Waals surface area contributed by atoms with E-state index in [1.54, 1.807) is 24.3 Å². The average molecular weight is 294 g/mol. The van der Waals surface area contributed by atoms with Crippen molar-refractivity contribution in [3.8, 4) is 0 Å². The Morgan fingerprint density at radius 3 is 2.45 bits per heavy atom. The van der Waals surface area contributed by atoms with Gasteiger partial charge in [-0.3, -0.25) is 18.7 Å². The van der Waals surface area contributed by atoms with Crippen molar-refractivity contribution in [3.05, 3.63) is 61.8 Å². The van der Waals surface area contributed by atoms with E-state index in [9.17, 15) is 14.4 Å². The fourth-order valence-electron chi connectivity index (χ4n) is 1.68. The van der Waals surface area contributed by atoms with Gasteiger partial charge in [0.15, 0.2) is 0 Å². The molecule has 0 radical (unpaired) electrons. The number of rotatable bonds is 2. The van der Waals surface area contributed by atoms with E-state index in [0.29, 0.717) is 5.02 Å². The molecule has 0 fully saturated rings. The second kappa shape index (κ2) is 5.34. The number of nitrogens with zero attached hydrogens (tertiary/aromatic N) is 2. The van der Waals surface area contributed by atoms with Gasteiger partial charge < -0.3 is 5.32 Å². The van der Waals surface area contributed by atoms with Crippen LogP contribution in [0.2, 0.25) is 5.02 Å². The Balaban J connectivity index is 2.42. The topological polar surface area (TPSA) is 73.1 Å². The molecule has 7 heteroatoms. The van der Waals surface area contributed by atoms with Crippen LogP contribution < -0.4 is 16.6 Å². The Morgan fingerprint density at radius 2 is 1.80 bits per heavy atom. The molecule has 0 bridgehead atoms. The molecule has 0 saturated carbocycles. The summed E-state index contributed by atoms with van der Waals surface area (Å²) in [6, 6.07) is 7.68. The predicted octanol–water partition coefficient (Wildman–Crippen LogP) is 0.990. The van der Waals surface area contributed by atoms with Gasteiger partial charge in [-0.05, 0) is 12.1 Å². The van der Waals surface area contributed by atoms with Crippen LogP contribution in [0.3, 0.4) is 0 Å². The van der Waals surface area contributed by atoms with E-state index in [4.69, 9.17) is 11.6 Å². The monoisotopic (exact) mass is 293 g/mol. The van der Waals surface area contributed by atoms with E-state index in [1.165, 1.54) is 24.7 Å². The van der Waals surface area contributed by atoms with Crippen molar-refractivity contribution in [1.29, 1.82) is 0 Å². The third-order valence-corrected chi connectivity index (χ3v) is 3.22. The molecule has 0 aliphatic carbocycles. The normalized spacial score (nSPS) is 10.3. The standard InChI is InChI=1S/C13H12ClN3O3/c1-16-10(7-11(18)17(2)13(16)20)15-12(19)8-5-3-4-6-9(8)14/h3-7H,1-2H3,(H,15,19). The van der Waals surface area contributed by atoms with Crippen LogP contribution in [0.15, 0.2) is 39.9 Å². The zero-order valence-corrected chi connectivity index (χ0v) is 11.6. The lowest BCUT2D eigenvalue weighted by Gasteiger charge is -2.11. The molecule has 1 N–H and O–H groups in total. The Morgan fingerprint density at radius 1 is 1.15 bits per heavy atom. The van der Waals surface area contributed by atoms with Crippen molar-refractivity contribution in [2.75, 3.05) is 5.32 Å². The van der Waals surface area contributed by atoms with Crippen LogP contribution in [-0.2, 0) is 14.1 Å². The van der Waals surface area contributed by atoms with Crippen LogP contribution in [0.1, 0.15) is 10.4 Å². The number of hydrogen-bond donors (Lipinski definition) is 1. The molecule has 0 atom stereocenters. The molecule has 0 unspecified atom stereocenters. The zero-order chi connectivity index (χ0) is 14.9. The summed E-state index contributed by atoms with van der Waals surface area (Å²) in [4.78, 5) is 35.4. The van der Waals surface area contributed by atoms with E-state index in [-0.39, 0.29) is 11.4 Å². The number of anilines is 1. The lowest BCUT2D eigenvalue weighted by molar-refractivity contribution is 0.102. The van der Waals surface area contributed by atoms with Crippen molar-refractivity contribution in [3.63, 3.8) is 0 Å². The molecule has 104 valence electrons. The van der Waals surface area contributed by atoms with Gasteiger partial charge in [0.25, 0.3) is 11.5 Å². The van der Waals surface area contributed by atoms with E-state index in [1.807, 2.05) is 0 Å². The van der Waals surface area contributed by atoms with Gasteiger partial charge in [-0.2, -0.15) is 0 Å². The van der Waals surface area contributed by atoms with E-state index >= 15 is 0 Å². The highest BCUT2D eigenvalue weighted by Crippen LogP contribution is 2.16. The number of carbonyl (C=O) groups is 1. The van der Waals surface area contributed by atoms with Crippen LogP contribution in [0.25, 0.3) is 0 Å². The molecule has 1 aromatic carbocycles. The van der Waals surface area contributed by atoms with E-state index < -0.39 is 17.2 Å². The molecular weight excluding hydrogens is 282 g/mol. The zero-order valence-electron chi connectivity index (χ0n) is 10.9. The predicted molar refractivity (Wildman–Crippen MR) is 76.3 cm³/mol. The third-order valence-electron chi connectivity index (χ3n) is 2.89. The van der Waals surface area contributed by atoms with Crippen LogP contribution >= 0.6 is 11.6 Å². The number of carbonyl (C=O) groups excluding carboxylic acids is 1. The maximum Gasteiger partial charge on any atom is 0.332 e. The summed E-state index contributed by atoms with van der Waals surface area (Å²) in [5, 5.41) is 2.79. The maximum absolute atomic E-state index is 12.1. The second-order valence-corrected chi connectivity index (χ2v) is 4.61. The van der Waals surface area contributed by atoms with E-state index in [0.717, 1.165) is 4.57 Å². The van der Waals surface area contributed by atoms with Gasteiger partial charge in [-0.15, -0.1) is 0 Å². The fraction of sp³-hybridized carbons (Fsp3) is 0.154. The minimum absolute atomic E-state index is 0.114. The van der Waals surface area contributed by atoms with Gasteiger partial charge >= 0.3 is 5.69 Å². The van der Waals surface area contributed by atoms with Crippen LogP contribution in [0, 0.1) is 0 Å². The minimum atomic E-state index is -0.521. The van der Waals surface area contributed by atoms with Gasteiger partial charge in [0.1, 0.15) is 5.82 Å². The molecule has 6 nitrogen and oxygen atoms in total. The lowest BCUT2D eigenvalue weighted by atomic mass is 10.2. The smallest absolute Gasteiger partial charge is 0.308 e. The first-order valence-corrected chi connectivity index (χ1v) is 6.12. The number of nitrogens with one attached hydrogen (secondary N) is 1. The molecule has 20 heavy (non-hydrogen) atoms. The molecule has 0 saturated heterocycles. The van der Waals surface area contributed by atoms with Crippen molar-refractivity contribution in [2.45, 2.75) is 0 Å². The van der Waals surface area contributed by atoms with Crippen LogP contribution in [0.4, 0.5) is 5.82 Å². The van der Waals surface area contributed by atoms with Crippen LogP contribution in [0.5, 0.6) is 0 Å². The molecule has 1 heterocycles. The molecule has 0 aliphatic heterocycles. The summed E-state index contributed by atoms with van der Waals surface area (Å²) >= 11 is 5.92. The first-order chi connectivity index (χ1) is 9.41. The van der Waals surface area contributed by atoms with Crippen molar-refractivity contribution in [1.82, 2.24) is 9.13 Å². The Bertz CT molecular complexity index is 792. The molecule has 0 aliphatic rings. The quantitative estimate of drug-likeness (QED) is 0.897. The first kappa shape index (κ1) is 14.1. The highest BCUT2D eigenvalue weighted by Gasteiger charge is 2.13. The number of amides is 1. The summed E-state index contributed by atoms with van der Waals surface area (Å²) in [5.74, 6) is -0.373. The Kier molecular flexibility index (Phi) is 3.76. The summed E-state index contributed by atoms with van der Waals surface area (Å²) < 4.78 is 2.13. The van der Waals surface area contributed by atoms with Gasteiger partial charge in [0.05, 0.1) is 10.6 Å². The first-order valence-electron chi connectivity index (χ1n) is 5.74. The molecular formula is C13H12ClN3O3. The molecule has 0 spiro atoms. The Hall–Kier alpha value is -2.34. The highest BCUT2D eigenvalue weighted by atomic mass is 35.5. The van der Waals surface area contributed by atoms with Crippen molar-refractivity contribution < 1.29 is 4.79 Å². The number of benzene rings is 1. The summed E-state index contributed by atoms with van der Waals surface area (Å²) in [6.45, 7) is 0. The highest BCUT2D eigenvalue weighted by molar-refractivity contribution is 6.34. The minimum Gasteiger partial charge on any atom is -0.308 e. The number of hydrogen-bond acceptors (Lipinski definition) is 3. The van der Waals surface area contributed by atoms with Crippen molar-refractivity contribution >= 4 is 23.3 Å². The molecule has 2 rings (SSSR count). The summed E-state index contributed by atoms with van der Waals surface area (Å²) in [7, 11) is 2.83. The van der Waals surface area contributed by atoms with E-state index in [2.05, 4.69) is 5.32 Å². The van der Waals surface area contributed by atoms with Gasteiger partial charge in [-0.25, -0.2) is 4.79 Å². The lowest BCUT2D eigenvalue weighted by Crippen LogP contribution is -2.38. The summed E-state index contributed by atoms with van der Waals surface area (Å²) in [6.07, 6.45) is 0. The van der Waals surface area contributed by atoms with Gasteiger partial charge in [0, 0.05) is 20.2 Å². The van der Waals surface area contributed by atoms with Gasteiger partial charge in [0.2, 0.25) is 0 Å². The second-order valence-electron chi connectivity index (χ2n) is 4.20. The van der Waals surface area contributed by atoms with Crippen molar-refractivity contribution in [2.24, 2.45) is 14.1 Å². The number of aromatic nitrogens is 2. The Labute approximate surface area is 119 Å². The fourth-order valence-corrected chi connectivity index (χ4v) is 1.90. The average Bonchev–Trinajstić information content (AvgIpc) is 2.42. The van der Waals surface area contributed by atoms with Crippen LogP contribution in [-0.4, -0.2) is 15.0 Å². The molecule has 2 aromatic rings. The molecule has 1 aromatic heterocycles. The third kappa shape index (κ3) is 2.50. The maximum atomic E-state index is 12.1. The van der Waals surface area contributed by atoms with Gasteiger partial charge in [-0.1, -0.05) is 23.7 Å². The molecule has 1 amide bonds. The summed E-state index contributed by atoms with van der Waals surface area (Å²) in [5.41, 5.74) is -0.753.